The van der Waals surface area contributed by atoms with Gasteiger partial charge in [0.1, 0.15) is 23.6 Å². The Balaban J connectivity index is 0.000000277. The van der Waals surface area contributed by atoms with Crippen LogP contribution in [0.4, 0.5) is 10.5 Å². The van der Waals surface area contributed by atoms with Gasteiger partial charge in [0.25, 0.3) is 0 Å². The van der Waals surface area contributed by atoms with Gasteiger partial charge in [-0.3, -0.25) is 9.36 Å². The second-order valence-electron chi connectivity index (χ2n) is 14.2. The number of ether oxygens (including phenoxy) is 4. The molecule has 20 nitrogen and oxygen atoms in total. The van der Waals surface area contributed by atoms with Gasteiger partial charge >= 0.3 is 19.7 Å². The number of aliphatic hydroxyl groups is 2. The van der Waals surface area contributed by atoms with Gasteiger partial charge in [-0.2, -0.15) is 0 Å². The number of alkyl carbamates (subject to hydrolysis) is 1. The molecule has 2 aliphatic heterocycles. The van der Waals surface area contributed by atoms with E-state index in [2.05, 4.69) is 20.9 Å². The van der Waals surface area contributed by atoms with Crippen molar-refractivity contribution in [3.8, 4) is 22.5 Å². The van der Waals surface area contributed by atoms with E-state index >= 15 is 0 Å². The number of carboxylic acid groups (broad SMARTS) is 1. The SMILES string of the molecule is CCCOCCOCCNC(=O)O[C@@H]([C@@H]1OC(P(=O)(O)O)=C[C@H](N=C(N)N)[C@H]1C)[C@H](O)CO.CNC(=S)Nc1ccc(-c2c3ccc(=O)cc-3oc3cc(C)ccc23)c(C(=O)O)c1. The number of carboxylic acids is 1. The number of anilines is 1. The van der Waals surface area contributed by atoms with Crippen LogP contribution in [0, 0.1) is 12.8 Å². The van der Waals surface area contributed by atoms with Crippen molar-refractivity contribution >= 4 is 59.6 Å². The van der Waals surface area contributed by atoms with Gasteiger partial charge in [0, 0.05) is 54.4 Å². The maximum Gasteiger partial charge on any atom is 0.407 e. The van der Waals surface area contributed by atoms with E-state index in [1.807, 2.05) is 32.0 Å². The quantitative estimate of drug-likeness (QED) is 0.0182. The molecule has 63 heavy (non-hydrogen) atoms. The number of fused-ring (bicyclic) bond motifs is 2. The lowest BCUT2D eigenvalue weighted by molar-refractivity contribution is -0.109. The number of carbonyl (C=O) groups excluding carboxylic acids is 1. The zero-order valence-corrected chi connectivity index (χ0v) is 36.7. The summed E-state index contributed by atoms with van der Waals surface area (Å²) in [5, 5.41) is 38.9. The number of guanidine groups is 1. The molecule has 2 aromatic rings. The van der Waals surface area contributed by atoms with E-state index in [1.54, 1.807) is 38.2 Å². The number of carbonyl (C=O) groups is 2. The number of benzene rings is 3. The minimum atomic E-state index is -4.87. The summed E-state index contributed by atoms with van der Waals surface area (Å²) in [5.41, 5.74) is 14.0. The van der Waals surface area contributed by atoms with Crippen molar-refractivity contribution in [3.05, 3.63) is 87.5 Å². The van der Waals surface area contributed by atoms with E-state index in [-0.39, 0.29) is 30.1 Å². The number of thiocarbonyl (C=S) groups is 1. The average molecular weight is 917 g/mol. The van der Waals surface area contributed by atoms with Crippen LogP contribution in [0.15, 0.2) is 80.4 Å². The number of aliphatic imine (C=N–C) groups is 1. The molecular weight excluding hydrogens is 864 g/mol. The van der Waals surface area contributed by atoms with Crippen LogP contribution in [0.2, 0.25) is 0 Å². The summed E-state index contributed by atoms with van der Waals surface area (Å²) in [6.45, 7) is 6.34. The number of nitrogens with one attached hydrogen (secondary N) is 3. The zero-order valence-electron chi connectivity index (χ0n) is 35.0. The standard InChI is InChI=1S/C23H18N2O4S.C18H35N4O10P/c1-12-3-6-16-19(9-12)29-20-11-14(26)5-8-17(20)21(16)15-7-4-13(25-23(30)24-2)10-18(15)22(27)28;1-3-5-29-7-8-30-6-4-21-18(25)32-16(13(24)10-23)15-11(2)12(22-17(19)20)9-14(31-15)33(26,27)28/h3-11H,1-2H3,(H,27,28)(H2,24,25,30);9,11-13,15-16,23-24H,3-8,10H2,1-2H3,(H,21,25)(H4,19,20,22)(H2,26,27,28)/t;11-,12+,13-,15-,16-/m.1/s1. The van der Waals surface area contributed by atoms with Crippen molar-refractivity contribution in [1.82, 2.24) is 10.6 Å². The number of aromatic carboxylic acids is 1. The fourth-order valence-corrected chi connectivity index (χ4v) is 7.16. The van der Waals surface area contributed by atoms with Crippen LogP contribution < -0.4 is 32.8 Å². The van der Waals surface area contributed by atoms with Crippen molar-refractivity contribution in [2.24, 2.45) is 22.4 Å². The summed E-state index contributed by atoms with van der Waals surface area (Å²) in [7, 11) is -3.19. The Bertz CT molecular complexity index is 2370. The van der Waals surface area contributed by atoms with Crippen LogP contribution in [0.5, 0.6) is 0 Å². The maximum atomic E-state index is 12.2. The first-order valence-corrected chi connectivity index (χ1v) is 21.7. The molecule has 0 saturated heterocycles. The van der Waals surface area contributed by atoms with Gasteiger partial charge < -0.3 is 75.9 Å². The zero-order chi connectivity index (χ0) is 46.4. The highest BCUT2D eigenvalue weighted by Crippen LogP contribution is 2.50. The van der Waals surface area contributed by atoms with E-state index in [0.29, 0.717) is 58.7 Å². The second kappa shape index (κ2) is 23.2. The number of amides is 1. The molecule has 0 aromatic heterocycles. The minimum Gasteiger partial charge on any atom is -0.478 e. The van der Waals surface area contributed by atoms with Crippen LogP contribution in [-0.4, -0.2) is 119 Å². The molecule has 1 aliphatic carbocycles. The molecule has 12 N–H and O–H groups in total. The molecule has 22 heteroatoms. The Morgan fingerprint density at radius 2 is 1.71 bits per heavy atom. The molecule has 0 radical (unpaired) electrons. The maximum absolute atomic E-state index is 12.2. The number of hydrogen-bond acceptors (Lipinski definition) is 13. The van der Waals surface area contributed by atoms with Crippen molar-refractivity contribution in [1.29, 1.82) is 0 Å². The average Bonchev–Trinajstić information content (AvgIpc) is 3.23. The number of rotatable bonds is 17. The summed E-state index contributed by atoms with van der Waals surface area (Å²) in [5.74, 6) is -1.70. The van der Waals surface area contributed by atoms with E-state index in [0.717, 1.165) is 23.4 Å². The Hall–Kier alpha value is -5.64. The lowest BCUT2D eigenvalue weighted by Gasteiger charge is -2.39. The van der Waals surface area contributed by atoms with Crippen molar-refractivity contribution in [2.45, 2.75) is 51.5 Å². The van der Waals surface area contributed by atoms with Gasteiger partial charge in [-0.05, 0) is 73.1 Å². The third-order valence-corrected chi connectivity index (χ3v) is 10.6. The van der Waals surface area contributed by atoms with Crippen molar-refractivity contribution < 1.29 is 62.6 Å². The van der Waals surface area contributed by atoms with E-state index in [9.17, 15) is 44.1 Å². The van der Waals surface area contributed by atoms with E-state index in [4.69, 9.17) is 47.0 Å². The monoisotopic (exact) mass is 916 g/mol. The van der Waals surface area contributed by atoms with Crippen molar-refractivity contribution in [2.75, 3.05) is 51.9 Å². The Kier molecular flexibility index (Phi) is 18.4. The van der Waals surface area contributed by atoms with E-state index in [1.165, 1.54) is 12.1 Å². The molecule has 0 spiro atoms. The lowest BCUT2D eigenvalue weighted by atomic mass is 9.88. The summed E-state index contributed by atoms with van der Waals surface area (Å²) >= 11 is 5.11. The second-order valence-corrected chi connectivity index (χ2v) is 16.1. The fourth-order valence-electron chi connectivity index (χ4n) is 6.44. The number of aliphatic hydroxyl groups excluding tert-OH is 2. The molecular formula is C41H53N6O14PS. The Labute approximate surface area is 367 Å². The number of aryl methyl sites for hydroxylation is 1. The predicted molar refractivity (Wildman–Crippen MR) is 239 cm³/mol. The van der Waals surface area contributed by atoms with Gasteiger partial charge in [-0.25, -0.2) is 14.6 Å². The topological polar surface area (TPSA) is 320 Å². The third kappa shape index (κ3) is 13.9. The van der Waals surface area contributed by atoms with E-state index < -0.39 is 62.0 Å². The molecule has 342 valence electrons. The summed E-state index contributed by atoms with van der Waals surface area (Å²) in [6, 6.07) is 14.4. The third-order valence-electron chi connectivity index (χ3n) is 9.43. The Morgan fingerprint density at radius 1 is 1.02 bits per heavy atom. The van der Waals surface area contributed by atoms with Crippen LogP contribution >= 0.6 is 19.8 Å². The normalized spacial score (nSPS) is 17.0. The highest BCUT2D eigenvalue weighted by molar-refractivity contribution is 7.80. The van der Waals surface area contributed by atoms with Gasteiger partial charge in [-0.15, -0.1) is 0 Å². The first-order chi connectivity index (χ1) is 29.9. The lowest BCUT2D eigenvalue weighted by Crippen LogP contribution is -2.52. The fraction of sp³-hybridized carbons (Fsp3) is 0.390. The largest absolute Gasteiger partial charge is 0.478 e. The number of nitrogens with two attached hydrogens (primary N) is 2. The molecule has 0 bridgehead atoms. The molecule has 1 amide bonds. The Morgan fingerprint density at radius 3 is 2.35 bits per heavy atom. The molecule has 0 unspecified atom stereocenters. The van der Waals surface area contributed by atoms with Gasteiger partial charge in [0.05, 0.1) is 38.0 Å². The highest BCUT2D eigenvalue weighted by atomic mass is 32.1. The van der Waals surface area contributed by atoms with Gasteiger partial charge in [0.15, 0.2) is 22.6 Å². The van der Waals surface area contributed by atoms with Crippen LogP contribution in [0.25, 0.3) is 33.4 Å². The van der Waals surface area contributed by atoms with Gasteiger partial charge in [0.2, 0.25) is 5.50 Å². The smallest absolute Gasteiger partial charge is 0.407 e. The molecule has 0 saturated carbocycles. The van der Waals surface area contributed by atoms with Crippen LogP contribution in [-0.2, 0) is 23.5 Å². The number of hydrogen-bond donors (Lipinski definition) is 10. The molecule has 2 heterocycles. The van der Waals surface area contributed by atoms with Gasteiger partial charge in [-0.1, -0.05) is 32.0 Å². The summed E-state index contributed by atoms with van der Waals surface area (Å²) in [6.07, 6.45) is -3.40. The molecule has 0 fully saturated rings. The molecule has 5 rings (SSSR count). The first-order valence-electron chi connectivity index (χ1n) is 19.6. The summed E-state index contributed by atoms with van der Waals surface area (Å²) < 4.78 is 38.9. The molecule has 2 aromatic carbocycles. The minimum absolute atomic E-state index is 0.0832. The predicted octanol–water partition coefficient (Wildman–Crippen LogP) is 3.06. The van der Waals surface area contributed by atoms with Crippen LogP contribution in [0.1, 0.15) is 36.2 Å². The highest BCUT2D eigenvalue weighted by Gasteiger charge is 2.45. The molecule has 5 atom stereocenters. The number of nitrogens with zero attached hydrogens (tertiary/aromatic N) is 1. The van der Waals surface area contributed by atoms with Crippen LogP contribution in [0.3, 0.4) is 0 Å². The van der Waals surface area contributed by atoms with Crippen molar-refractivity contribution in [3.63, 3.8) is 0 Å². The summed E-state index contributed by atoms with van der Waals surface area (Å²) in [4.78, 5) is 59.3. The first kappa shape index (κ1) is 50.0. The molecule has 3 aliphatic rings.